The molecule has 3 nitrogen and oxygen atoms in total. The van der Waals surface area contributed by atoms with E-state index < -0.39 is 0 Å². The zero-order valence-corrected chi connectivity index (χ0v) is 11.4. The van der Waals surface area contributed by atoms with E-state index in [9.17, 15) is 0 Å². The van der Waals surface area contributed by atoms with E-state index in [0.717, 1.165) is 44.6 Å². The van der Waals surface area contributed by atoms with Crippen molar-refractivity contribution in [1.82, 2.24) is 0 Å². The Hall–Kier alpha value is -2.00. The average molecular weight is 255 g/mol. The highest BCUT2D eigenvalue weighted by Gasteiger charge is 2.16. The maximum absolute atomic E-state index is 5.86. The van der Waals surface area contributed by atoms with Gasteiger partial charge in [-0.3, -0.25) is 0 Å². The Morgan fingerprint density at radius 3 is 2.32 bits per heavy atom. The fraction of sp³-hybridized carbons (Fsp3) is 0.250. The molecule has 0 aliphatic heterocycles. The summed E-state index contributed by atoms with van der Waals surface area (Å²) < 4.78 is 11.7. The lowest BCUT2D eigenvalue weighted by Gasteiger charge is -2.02. The van der Waals surface area contributed by atoms with E-state index in [1.54, 1.807) is 0 Å². The van der Waals surface area contributed by atoms with Gasteiger partial charge in [0, 0.05) is 28.4 Å². The van der Waals surface area contributed by atoms with Crippen molar-refractivity contribution in [2.24, 2.45) is 5.73 Å². The molecule has 0 unspecified atom stereocenters. The molecular formula is C16H17NO2. The van der Waals surface area contributed by atoms with Gasteiger partial charge < -0.3 is 14.6 Å². The Morgan fingerprint density at radius 1 is 1.00 bits per heavy atom. The van der Waals surface area contributed by atoms with Crippen LogP contribution in [0.2, 0.25) is 0 Å². The van der Waals surface area contributed by atoms with Gasteiger partial charge in [-0.15, -0.1) is 0 Å². The topological polar surface area (TPSA) is 52.3 Å². The fourth-order valence-electron chi connectivity index (χ4n) is 2.58. The smallest absolute Gasteiger partial charge is 0.142 e. The second-order valence-electron chi connectivity index (χ2n) is 4.88. The molecule has 98 valence electrons. The van der Waals surface area contributed by atoms with Gasteiger partial charge in [-0.2, -0.15) is 0 Å². The first-order chi connectivity index (χ1) is 9.11. The van der Waals surface area contributed by atoms with E-state index in [0.29, 0.717) is 6.54 Å². The summed E-state index contributed by atoms with van der Waals surface area (Å²) in [6, 6.07) is 4.11. The molecule has 0 radical (unpaired) electrons. The van der Waals surface area contributed by atoms with Crippen LogP contribution in [0.25, 0.3) is 28.0 Å². The third kappa shape index (κ3) is 1.78. The molecule has 0 aliphatic carbocycles. The molecule has 0 spiro atoms. The number of nitrogens with two attached hydrogens (primary N) is 1. The van der Waals surface area contributed by atoms with Gasteiger partial charge in [0.05, 0.1) is 0 Å². The summed E-state index contributed by atoms with van der Waals surface area (Å²) in [4.78, 5) is 0. The quantitative estimate of drug-likeness (QED) is 0.750. The molecule has 19 heavy (non-hydrogen) atoms. The fourth-order valence-corrected chi connectivity index (χ4v) is 2.58. The average Bonchev–Trinajstić information content (AvgIpc) is 2.93. The predicted octanol–water partition coefficient (Wildman–Crippen LogP) is 4.08. The standard InChI is InChI=1S/C16H17NO2/c1-9-7-13-11(3)15-14(8-10(2)18-15)12(5-4-6-17)16(13)19-9/h4-5,7-8H,6,17H2,1-3H3/b5-4+. The Kier molecular flexibility index (Phi) is 2.72. The summed E-state index contributed by atoms with van der Waals surface area (Å²) >= 11 is 0. The van der Waals surface area contributed by atoms with Crippen molar-refractivity contribution in [3.05, 3.63) is 40.9 Å². The summed E-state index contributed by atoms with van der Waals surface area (Å²) in [6.45, 7) is 6.50. The van der Waals surface area contributed by atoms with Crippen LogP contribution in [0.3, 0.4) is 0 Å². The van der Waals surface area contributed by atoms with Crippen molar-refractivity contribution in [3.8, 4) is 0 Å². The highest BCUT2D eigenvalue weighted by Crippen LogP contribution is 2.36. The van der Waals surface area contributed by atoms with Gasteiger partial charge in [0.15, 0.2) is 0 Å². The molecule has 3 aromatic rings. The second kappa shape index (κ2) is 4.28. The number of hydrogen-bond donors (Lipinski definition) is 1. The maximum atomic E-state index is 5.86. The zero-order chi connectivity index (χ0) is 13.6. The minimum absolute atomic E-state index is 0.507. The van der Waals surface area contributed by atoms with Crippen LogP contribution in [0.1, 0.15) is 22.6 Å². The Morgan fingerprint density at radius 2 is 1.63 bits per heavy atom. The van der Waals surface area contributed by atoms with Crippen molar-refractivity contribution in [1.29, 1.82) is 0 Å². The first-order valence-electron chi connectivity index (χ1n) is 6.41. The van der Waals surface area contributed by atoms with Gasteiger partial charge in [-0.25, -0.2) is 0 Å². The summed E-state index contributed by atoms with van der Waals surface area (Å²) in [6.07, 6.45) is 3.95. The van der Waals surface area contributed by atoms with Crippen LogP contribution >= 0.6 is 0 Å². The first-order valence-corrected chi connectivity index (χ1v) is 6.41. The number of aryl methyl sites for hydroxylation is 3. The zero-order valence-electron chi connectivity index (χ0n) is 11.4. The summed E-state index contributed by atoms with van der Waals surface area (Å²) in [5, 5.41) is 2.19. The Bertz CT molecular complexity index is 732. The number of benzene rings is 1. The van der Waals surface area contributed by atoms with Gasteiger partial charge in [0.25, 0.3) is 0 Å². The lowest BCUT2D eigenvalue weighted by atomic mass is 10.0. The van der Waals surface area contributed by atoms with E-state index >= 15 is 0 Å². The molecule has 0 saturated heterocycles. The third-order valence-corrected chi connectivity index (χ3v) is 3.41. The largest absolute Gasteiger partial charge is 0.461 e. The highest BCUT2D eigenvalue weighted by molar-refractivity contribution is 6.05. The molecule has 0 amide bonds. The Labute approximate surface area is 111 Å². The highest BCUT2D eigenvalue weighted by atomic mass is 16.3. The molecule has 2 aromatic heterocycles. The Balaban J connectivity index is 2.50. The van der Waals surface area contributed by atoms with E-state index in [1.165, 1.54) is 0 Å². The number of furan rings is 2. The SMILES string of the molecule is Cc1cc2c(/C=C/CN)c3oc(C)cc3c(C)c2o1. The van der Waals surface area contributed by atoms with Crippen molar-refractivity contribution in [3.63, 3.8) is 0 Å². The van der Waals surface area contributed by atoms with Crippen molar-refractivity contribution in [2.75, 3.05) is 6.54 Å². The van der Waals surface area contributed by atoms with E-state index in [2.05, 4.69) is 19.1 Å². The summed E-state index contributed by atoms with van der Waals surface area (Å²) in [5.74, 6) is 1.81. The molecule has 2 N–H and O–H groups in total. The van der Waals surface area contributed by atoms with Crippen LogP contribution in [-0.4, -0.2) is 6.54 Å². The van der Waals surface area contributed by atoms with E-state index in [-0.39, 0.29) is 0 Å². The molecule has 3 rings (SSSR count). The van der Waals surface area contributed by atoms with Crippen molar-refractivity contribution < 1.29 is 8.83 Å². The molecule has 0 saturated carbocycles. The molecule has 2 heterocycles. The summed E-state index contributed by atoms with van der Waals surface area (Å²) in [5.41, 5.74) is 9.58. The molecule has 1 aromatic carbocycles. The lowest BCUT2D eigenvalue weighted by molar-refractivity contribution is 0.574. The van der Waals surface area contributed by atoms with Crippen molar-refractivity contribution in [2.45, 2.75) is 20.8 Å². The van der Waals surface area contributed by atoms with Gasteiger partial charge in [0.2, 0.25) is 0 Å². The minimum atomic E-state index is 0.507. The van der Waals surface area contributed by atoms with E-state index in [1.807, 2.05) is 26.0 Å². The first kappa shape index (κ1) is 12.1. The van der Waals surface area contributed by atoms with Crippen LogP contribution in [-0.2, 0) is 0 Å². The normalized spacial score (nSPS) is 12.2. The van der Waals surface area contributed by atoms with Crippen LogP contribution in [0.15, 0.2) is 27.0 Å². The number of hydrogen-bond acceptors (Lipinski definition) is 3. The molecule has 0 bridgehead atoms. The number of rotatable bonds is 2. The van der Waals surface area contributed by atoms with Crippen LogP contribution in [0.4, 0.5) is 0 Å². The van der Waals surface area contributed by atoms with Gasteiger partial charge in [-0.1, -0.05) is 12.2 Å². The predicted molar refractivity (Wildman–Crippen MR) is 78.3 cm³/mol. The summed E-state index contributed by atoms with van der Waals surface area (Å²) in [7, 11) is 0. The third-order valence-electron chi connectivity index (χ3n) is 3.41. The molecule has 3 heteroatoms. The van der Waals surface area contributed by atoms with Gasteiger partial charge in [-0.05, 0) is 32.9 Å². The van der Waals surface area contributed by atoms with Crippen LogP contribution in [0, 0.1) is 20.8 Å². The monoisotopic (exact) mass is 255 g/mol. The molecule has 0 aliphatic rings. The molecule has 0 fully saturated rings. The molecule has 0 atom stereocenters. The van der Waals surface area contributed by atoms with Crippen LogP contribution < -0.4 is 5.73 Å². The van der Waals surface area contributed by atoms with E-state index in [4.69, 9.17) is 14.6 Å². The maximum Gasteiger partial charge on any atom is 0.142 e. The van der Waals surface area contributed by atoms with Gasteiger partial charge >= 0.3 is 0 Å². The van der Waals surface area contributed by atoms with Crippen LogP contribution in [0.5, 0.6) is 0 Å². The lowest BCUT2D eigenvalue weighted by Crippen LogP contribution is -1.92. The molecular weight excluding hydrogens is 238 g/mol. The minimum Gasteiger partial charge on any atom is -0.461 e. The van der Waals surface area contributed by atoms with Gasteiger partial charge in [0.1, 0.15) is 22.7 Å². The second-order valence-corrected chi connectivity index (χ2v) is 4.88. The van der Waals surface area contributed by atoms with Crippen molar-refractivity contribution >= 4 is 28.0 Å². The number of fused-ring (bicyclic) bond motifs is 2.